The maximum Gasteiger partial charge on any atom is 0.255 e. The number of rotatable bonds is 22. The summed E-state index contributed by atoms with van der Waals surface area (Å²) in [5, 5.41) is 49.9. The van der Waals surface area contributed by atoms with Crippen LogP contribution in [0.3, 0.4) is 0 Å². The van der Waals surface area contributed by atoms with E-state index in [1.54, 1.807) is 50.6 Å². The molecule has 58 heavy (non-hydrogen) atoms. The molecule has 1 aliphatic rings. The molecule has 1 unspecified atom stereocenters. The van der Waals surface area contributed by atoms with Gasteiger partial charge in [-0.1, -0.05) is 61.9 Å². The molecule has 1 aromatic heterocycles. The van der Waals surface area contributed by atoms with E-state index in [9.17, 15) is 25.2 Å². The van der Waals surface area contributed by atoms with E-state index in [1.165, 1.54) is 0 Å². The van der Waals surface area contributed by atoms with Gasteiger partial charge in [0.15, 0.2) is 17.3 Å². The number of fused-ring (bicyclic) bond motifs is 1. The number of nitrogens with one attached hydrogen (secondary N) is 2. The van der Waals surface area contributed by atoms with Crippen molar-refractivity contribution in [1.29, 1.82) is 0 Å². The van der Waals surface area contributed by atoms with Crippen molar-refractivity contribution < 1.29 is 48.7 Å². The second kappa shape index (κ2) is 20.7. The van der Waals surface area contributed by atoms with E-state index in [1.807, 2.05) is 36.4 Å². The van der Waals surface area contributed by atoms with Crippen molar-refractivity contribution in [3.8, 4) is 45.6 Å². The summed E-state index contributed by atoms with van der Waals surface area (Å²) in [5.41, 5.74) is 6.25. The van der Waals surface area contributed by atoms with Gasteiger partial charge in [0.1, 0.15) is 17.6 Å². The van der Waals surface area contributed by atoms with Gasteiger partial charge in [0.05, 0.1) is 59.4 Å². The predicted molar refractivity (Wildman–Crippen MR) is 219 cm³/mol. The molecule has 0 saturated carbocycles. The monoisotopic (exact) mass is 795 g/mol. The highest BCUT2D eigenvalue weighted by Gasteiger charge is 2.25. The predicted octanol–water partition coefficient (Wildman–Crippen LogP) is 7.43. The molecule has 0 spiro atoms. The van der Waals surface area contributed by atoms with Crippen LogP contribution >= 0.6 is 0 Å². The van der Waals surface area contributed by atoms with Crippen LogP contribution in [-0.4, -0.2) is 58.9 Å². The summed E-state index contributed by atoms with van der Waals surface area (Å²) in [6.07, 6.45) is 8.03. The van der Waals surface area contributed by atoms with Crippen LogP contribution in [0.25, 0.3) is 22.6 Å². The molecule has 0 radical (unpaired) electrons. The third-order valence-electron chi connectivity index (χ3n) is 10.4. The maximum atomic E-state index is 12.6. The van der Waals surface area contributed by atoms with E-state index in [-0.39, 0.29) is 32.3 Å². The summed E-state index contributed by atoms with van der Waals surface area (Å²) in [6.45, 7) is 0.0497. The highest BCUT2D eigenvalue weighted by Crippen LogP contribution is 2.42. The molecule has 5 aromatic rings. The van der Waals surface area contributed by atoms with E-state index in [0.717, 1.165) is 62.6 Å². The van der Waals surface area contributed by atoms with Crippen molar-refractivity contribution in [3.05, 3.63) is 106 Å². The Bertz CT molecular complexity index is 2080. The number of hydrogen-bond acceptors (Lipinski definition) is 12. The number of carbonyl (C=O) groups excluding carboxylic acids is 1. The molecule has 13 heteroatoms. The average Bonchev–Trinajstić information content (AvgIpc) is 3.76. The quantitative estimate of drug-likeness (QED) is 0.0382. The minimum atomic E-state index is -0.390. The maximum absolute atomic E-state index is 12.6. The number of aliphatic hydroxyl groups excluding tert-OH is 4. The van der Waals surface area contributed by atoms with E-state index in [0.29, 0.717) is 86.6 Å². The number of methoxy groups -OCH3 is 2. The number of anilines is 1. The lowest BCUT2D eigenvalue weighted by Crippen LogP contribution is -2.38. The molecular formula is C45H53N3O10. The Morgan fingerprint density at radius 3 is 1.88 bits per heavy atom. The minimum absolute atomic E-state index is 0.135. The number of para-hydroxylation sites is 1. The first-order valence-corrected chi connectivity index (χ1v) is 19.8. The molecule has 13 nitrogen and oxygen atoms in total. The molecule has 1 aliphatic heterocycles. The first-order valence-electron chi connectivity index (χ1n) is 19.8. The van der Waals surface area contributed by atoms with Gasteiger partial charge in [-0.3, -0.25) is 4.79 Å². The van der Waals surface area contributed by atoms with Gasteiger partial charge in [-0.2, -0.15) is 0 Å². The van der Waals surface area contributed by atoms with Gasteiger partial charge in [-0.25, -0.2) is 0 Å². The SMILES string of the molecule is COc1cc(-c2cc(-c3cc(CO)c(CO)c(CO)c3)no2)cc(OC)c1OCCCCCCCCCCOc1ccc(C2NC(=O)c3ccccc3N2)cc1CO. The Morgan fingerprint density at radius 2 is 1.26 bits per heavy atom. The Kier molecular flexibility index (Phi) is 15.0. The lowest BCUT2D eigenvalue weighted by molar-refractivity contribution is 0.0935. The molecule has 1 amide bonds. The van der Waals surface area contributed by atoms with Crippen LogP contribution in [0.2, 0.25) is 0 Å². The Hall–Kier alpha value is -5.60. The molecular weight excluding hydrogens is 743 g/mol. The second-order valence-electron chi connectivity index (χ2n) is 14.2. The number of aromatic nitrogens is 1. The van der Waals surface area contributed by atoms with E-state index < -0.39 is 6.17 Å². The number of unbranched alkanes of at least 4 members (excludes halogenated alkanes) is 7. The first kappa shape index (κ1) is 42.0. The Balaban J connectivity index is 0.894. The van der Waals surface area contributed by atoms with Crippen molar-refractivity contribution in [2.24, 2.45) is 0 Å². The fourth-order valence-electron chi connectivity index (χ4n) is 7.18. The number of nitrogens with zero attached hydrogens (tertiary/aromatic N) is 1. The van der Waals surface area contributed by atoms with Crippen molar-refractivity contribution in [2.45, 2.75) is 84.0 Å². The van der Waals surface area contributed by atoms with Crippen molar-refractivity contribution >= 4 is 11.6 Å². The molecule has 308 valence electrons. The Labute approximate surface area is 338 Å². The molecule has 2 heterocycles. The highest BCUT2D eigenvalue weighted by atomic mass is 16.5. The lowest BCUT2D eigenvalue weighted by Gasteiger charge is -2.28. The normalized spacial score (nSPS) is 13.4. The molecule has 6 N–H and O–H groups in total. The van der Waals surface area contributed by atoms with E-state index >= 15 is 0 Å². The number of ether oxygens (including phenoxy) is 4. The van der Waals surface area contributed by atoms with Crippen molar-refractivity contribution in [1.82, 2.24) is 10.5 Å². The zero-order chi connectivity index (χ0) is 40.9. The van der Waals surface area contributed by atoms with Gasteiger partial charge < -0.3 is 54.5 Å². The van der Waals surface area contributed by atoms with E-state index in [2.05, 4.69) is 15.8 Å². The minimum Gasteiger partial charge on any atom is -0.493 e. The number of hydrogen-bond donors (Lipinski definition) is 6. The van der Waals surface area contributed by atoms with Crippen molar-refractivity contribution in [2.75, 3.05) is 32.8 Å². The Morgan fingerprint density at radius 1 is 0.638 bits per heavy atom. The molecule has 0 bridgehead atoms. The smallest absolute Gasteiger partial charge is 0.255 e. The average molecular weight is 796 g/mol. The first-order chi connectivity index (χ1) is 28.4. The summed E-state index contributed by atoms with van der Waals surface area (Å²) >= 11 is 0. The number of amides is 1. The van der Waals surface area contributed by atoms with Gasteiger partial charge in [0.25, 0.3) is 5.91 Å². The third kappa shape index (κ3) is 10.1. The fraction of sp³-hybridized carbons (Fsp3) is 0.378. The van der Waals surface area contributed by atoms with Crippen LogP contribution < -0.4 is 29.6 Å². The number of aliphatic hydroxyl groups is 4. The van der Waals surface area contributed by atoms with Crippen LogP contribution in [0.15, 0.2) is 77.3 Å². The molecule has 0 fully saturated rings. The highest BCUT2D eigenvalue weighted by molar-refractivity contribution is 6.01. The van der Waals surface area contributed by atoms with Gasteiger partial charge in [-0.05, 0) is 83.6 Å². The van der Waals surface area contributed by atoms with Crippen LogP contribution in [-0.2, 0) is 26.4 Å². The summed E-state index contributed by atoms with van der Waals surface area (Å²) in [5.74, 6) is 2.49. The number of benzene rings is 4. The zero-order valence-electron chi connectivity index (χ0n) is 33.1. The summed E-state index contributed by atoms with van der Waals surface area (Å²) < 4.78 is 29.2. The van der Waals surface area contributed by atoms with Gasteiger partial charge >= 0.3 is 0 Å². The molecule has 1 atom stereocenters. The zero-order valence-corrected chi connectivity index (χ0v) is 33.1. The van der Waals surface area contributed by atoms with Crippen LogP contribution in [0.5, 0.6) is 23.0 Å². The standard InChI is InChI=1S/C45H53N3O10/c1-54-41-22-31(40-24-38(48-58-40)30-20-32(25-49)36(28-52)33(21-30)26-50)23-42(55-2)43(41)57-18-12-8-6-4-3-5-7-11-17-56-39-16-15-29(19-34(39)27-51)44-46-37-14-10-9-13-35(37)45(53)47-44/h9-10,13-16,19-24,44,46,49-52H,3-8,11-12,17-18,25-28H2,1-2H3,(H,47,53). The summed E-state index contributed by atoms with van der Waals surface area (Å²) in [7, 11) is 3.14. The fourth-order valence-corrected chi connectivity index (χ4v) is 7.18. The lowest BCUT2D eigenvalue weighted by atomic mass is 9.97. The van der Waals surface area contributed by atoms with Gasteiger partial charge in [0.2, 0.25) is 5.75 Å². The number of carbonyl (C=O) groups is 1. The molecule has 4 aromatic carbocycles. The molecule has 0 aliphatic carbocycles. The van der Waals surface area contributed by atoms with Gasteiger partial charge in [0, 0.05) is 28.4 Å². The largest absolute Gasteiger partial charge is 0.493 e. The van der Waals surface area contributed by atoms with Crippen LogP contribution in [0.4, 0.5) is 5.69 Å². The topological polar surface area (TPSA) is 185 Å². The second-order valence-corrected chi connectivity index (χ2v) is 14.2. The van der Waals surface area contributed by atoms with Crippen LogP contribution in [0.1, 0.15) is 95.7 Å². The van der Waals surface area contributed by atoms with E-state index in [4.69, 9.17) is 23.5 Å². The van der Waals surface area contributed by atoms with Crippen LogP contribution in [0, 0.1) is 0 Å². The van der Waals surface area contributed by atoms with Crippen molar-refractivity contribution in [3.63, 3.8) is 0 Å². The molecule has 0 saturated heterocycles. The molecule has 6 rings (SSSR count). The summed E-state index contributed by atoms with van der Waals surface area (Å²) in [4.78, 5) is 12.6. The summed E-state index contributed by atoms with van der Waals surface area (Å²) in [6, 6.07) is 21.8. The third-order valence-corrected chi connectivity index (χ3v) is 10.4. The van der Waals surface area contributed by atoms with Gasteiger partial charge in [-0.15, -0.1) is 0 Å².